The van der Waals surface area contributed by atoms with Gasteiger partial charge in [0.05, 0.1) is 36.9 Å². The van der Waals surface area contributed by atoms with Crippen molar-refractivity contribution in [1.82, 2.24) is 65.8 Å². The average molecular weight is 1490 g/mol. The third-order valence-electron chi connectivity index (χ3n) is 20.9. The number of aryl methyl sites for hydroxylation is 2. The minimum atomic E-state index is -3.88. The summed E-state index contributed by atoms with van der Waals surface area (Å²) in [5, 5.41) is 13.3. The predicted octanol–water partition coefficient (Wildman–Crippen LogP) is 5.43. The molecule has 10 aliphatic rings. The first-order valence-corrected chi connectivity index (χ1v) is 40.0. The number of alkyl carbamates (subject to hydrolysis) is 2. The molecule has 568 valence electrons. The van der Waals surface area contributed by atoms with E-state index >= 15 is 0 Å². The number of piperidine rings is 2. The Morgan fingerprint density at radius 1 is 0.553 bits per heavy atom. The Morgan fingerprint density at radius 3 is 1.27 bits per heavy atom. The second-order valence-electron chi connectivity index (χ2n) is 31.3. The number of nitrogens with one attached hydrogen (secondary N) is 7. The van der Waals surface area contributed by atoms with Crippen molar-refractivity contribution in [2.24, 2.45) is 22.7 Å². The number of nitrogens with zero attached hydrogens (tertiary/aromatic N) is 9. The van der Waals surface area contributed by atoms with E-state index in [9.17, 15) is 55.2 Å². The van der Waals surface area contributed by atoms with Crippen LogP contribution in [0.15, 0.2) is 37.4 Å². The van der Waals surface area contributed by atoms with Gasteiger partial charge in [-0.2, -0.15) is 0 Å². The molecule has 33 heteroatoms. The van der Waals surface area contributed by atoms with E-state index in [-0.39, 0.29) is 56.6 Å². The number of rotatable bonds is 21. The van der Waals surface area contributed by atoms with Crippen molar-refractivity contribution < 1.29 is 64.7 Å². The molecule has 4 saturated heterocycles. The van der Waals surface area contributed by atoms with Crippen LogP contribution in [0.25, 0.3) is 0 Å². The standard InChI is InChI=1S/C35H52N8O7S.C30H42ClN7O7S.C5H11N/c1-6-23-19-35(23,32(46)40-51(48,49)25-14-15-25)39-30(44)26-20-42(28-18-27(36-22(2)37-28)41-16-10-7-11-17-41)21-43(26)31(45)29(34(3,4)5)38-33(47)50-24-12-8-9-13-24;1-6-18-14-30(18,27(41)36-46(43,44)20-11-12-20)35-25(39)21-15-37(23-13-22(31)32-17(2)33-23)16-38(21)26(40)24(29(3,4)5)34-28(42)45-19-9-7-8-10-19;1-2-4-6-5-3-1/h6,18,23-26,29H,1,7-17,19-21H2,2-5H3,(H,38,47)(H,39,44)(H,40,46);6,13,18-21,24H,1,7-12,14-16H2,2-5H3,(H,34,42)(H,35,39)(H,36,41);6H,1-5H2/t23-,26+,29-,35-;18-,21+,24-,30-;/m11./s1. The third-order valence-corrected chi connectivity index (χ3v) is 24.7. The van der Waals surface area contributed by atoms with Crippen LogP contribution < -0.4 is 50.7 Å². The molecule has 4 aliphatic heterocycles. The van der Waals surface area contributed by atoms with Gasteiger partial charge < -0.3 is 60.6 Å². The molecule has 7 N–H and O–H groups in total. The van der Waals surface area contributed by atoms with E-state index in [1.54, 1.807) is 39.5 Å². The number of carbonyl (C=O) groups excluding carboxylic acids is 8. The molecule has 0 radical (unpaired) electrons. The van der Waals surface area contributed by atoms with E-state index in [0.717, 1.165) is 89.5 Å². The van der Waals surface area contributed by atoms with Crippen LogP contribution in [-0.4, -0.2) is 205 Å². The topological polar surface area (TPSA) is 375 Å². The number of amides is 8. The molecule has 30 nitrogen and oxygen atoms in total. The van der Waals surface area contributed by atoms with E-state index in [0.29, 0.717) is 49.0 Å². The Morgan fingerprint density at radius 2 is 0.932 bits per heavy atom. The van der Waals surface area contributed by atoms with E-state index in [1.165, 1.54) is 60.4 Å². The van der Waals surface area contributed by atoms with Gasteiger partial charge in [-0.25, -0.2) is 46.4 Å². The predicted molar refractivity (Wildman–Crippen MR) is 386 cm³/mol. The molecule has 2 aromatic rings. The van der Waals surface area contributed by atoms with Gasteiger partial charge in [0.15, 0.2) is 0 Å². The van der Waals surface area contributed by atoms with E-state index in [1.807, 2.05) is 31.7 Å². The van der Waals surface area contributed by atoms with E-state index < -0.39 is 136 Å². The van der Waals surface area contributed by atoms with Crippen LogP contribution in [-0.2, 0) is 58.3 Å². The quantitative estimate of drug-likeness (QED) is 0.0605. The normalized spacial score (nSPS) is 25.7. The minimum Gasteiger partial charge on any atom is -0.446 e. The lowest BCUT2D eigenvalue weighted by molar-refractivity contribution is -0.142. The molecule has 0 bridgehead atoms. The van der Waals surface area contributed by atoms with E-state index in [4.69, 9.17) is 21.1 Å². The van der Waals surface area contributed by atoms with Gasteiger partial charge in [0, 0.05) is 37.1 Å². The molecular formula is C70H105ClN16O14S2. The Bertz CT molecular complexity index is 3720. The van der Waals surface area contributed by atoms with Crippen molar-refractivity contribution in [3.63, 3.8) is 0 Å². The van der Waals surface area contributed by atoms with Gasteiger partial charge in [-0.05, 0) is 160 Å². The van der Waals surface area contributed by atoms with Crippen LogP contribution in [0.5, 0.6) is 0 Å². The van der Waals surface area contributed by atoms with Crippen LogP contribution in [0.3, 0.4) is 0 Å². The van der Waals surface area contributed by atoms with Crippen molar-refractivity contribution >= 4 is 96.7 Å². The lowest BCUT2D eigenvalue weighted by Crippen LogP contribution is -2.60. The molecule has 0 aromatic carbocycles. The van der Waals surface area contributed by atoms with Crippen LogP contribution >= 0.6 is 11.6 Å². The Balaban J connectivity index is 0.000000205. The second kappa shape index (κ2) is 32.1. The minimum absolute atomic E-state index is 0.0232. The van der Waals surface area contributed by atoms with Gasteiger partial charge in [-0.15, -0.1) is 13.2 Å². The summed E-state index contributed by atoms with van der Waals surface area (Å²) in [5.74, 6) is -2.38. The monoisotopic (exact) mass is 1490 g/mol. The first kappa shape index (κ1) is 78.1. The van der Waals surface area contributed by atoms with Crippen molar-refractivity contribution in [3.8, 4) is 0 Å². The number of hydrogen-bond acceptors (Lipinski definition) is 22. The van der Waals surface area contributed by atoms with Crippen LogP contribution in [0, 0.1) is 36.5 Å². The summed E-state index contributed by atoms with van der Waals surface area (Å²) in [7, 11) is -7.76. The molecule has 12 rings (SSSR count). The van der Waals surface area contributed by atoms with Gasteiger partial charge in [-0.3, -0.25) is 38.2 Å². The lowest BCUT2D eigenvalue weighted by Gasteiger charge is -2.35. The first-order valence-electron chi connectivity index (χ1n) is 36.5. The SMILES string of the molecule is C1CCNCC1.C=C[C@@H]1C[C@]1(NC(=O)[C@@H]1CN(c2cc(Cl)nc(C)n2)CN1C(=O)[C@@H](NC(=O)OC1CCCC1)C(C)(C)C)C(=O)NS(=O)(=O)C1CC1.C=C[C@@H]1C[C@]1(NC(=O)[C@@H]1CN(c2cc(N3CCCCC3)nc(C)n2)CN1C(=O)[C@@H](NC(=O)OC1CCCC1)C(C)(C)C)C(=O)NS(=O)(=O)C1CC1. The van der Waals surface area contributed by atoms with Gasteiger partial charge in [0.25, 0.3) is 11.8 Å². The van der Waals surface area contributed by atoms with Gasteiger partial charge >= 0.3 is 12.2 Å². The van der Waals surface area contributed by atoms with Crippen LogP contribution in [0.2, 0.25) is 5.15 Å². The number of hydrogen-bond donors (Lipinski definition) is 7. The van der Waals surface area contributed by atoms with Crippen molar-refractivity contribution in [2.45, 2.75) is 242 Å². The highest BCUT2D eigenvalue weighted by Gasteiger charge is 2.64. The highest BCUT2D eigenvalue weighted by Crippen LogP contribution is 2.47. The van der Waals surface area contributed by atoms with Crippen LogP contribution in [0.4, 0.5) is 27.0 Å². The number of ether oxygens (including phenoxy) is 2. The number of aromatic nitrogens is 4. The maximum atomic E-state index is 14.6. The highest BCUT2D eigenvalue weighted by molar-refractivity contribution is 7.91. The number of sulfonamides is 2. The molecule has 10 fully saturated rings. The molecule has 103 heavy (non-hydrogen) atoms. The van der Waals surface area contributed by atoms with Crippen molar-refractivity contribution in [2.75, 3.05) is 67.3 Å². The summed E-state index contributed by atoms with van der Waals surface area (Å²) in [6, 6.07) is -1.00. The molecule has 2 aromatic heterocycles. The fraction of sp³-hybridized carbons (Fsp3) is 0.714. The maximum absolute atomic E-state index is 14.6. The molecule has 0 spiro atoms. The van der Waals surface area contributed by atoms with E-state index in [2.05, 4.69) is 74.0 Å². The zero-order valence-electron chi connectivity index (χ0n) is 60.7. The average Bonchev–Trinajstić information content (AvgIpc) is 1.58. The second-order valence-corrected chi connectivity index (χ2v) is 35.6. The summed E-state index contributed by atoms with van der Waals surface area (Å²) in [5.41, 5.74) is -4.61. The Labute approximate surface area is 610 Å². The number of carbonyl (C=O) groups is 8. The lowest BCUT2D eigenvalue weighted by atomic mass is 9.85. The summed E-state index contributed by atoms with van der Waals surface area (Å²) in [4.78, 5) is 136. The zero-order valence-corrected chi connectivity index (χ0v) is 63.1. The largest absolute Gasteiger partial charge is 0.446 e. The van der Waals surface area contributed by atoms with Crippen molar-refractivity contribution in [1.29, 1.82) is 0 Å². The smallest absolute Gasteiger partial charge is 0.408 e. The van der Waals surface area contributed by atoms with Gasteiger partial charge in [-0.1, -0.05) is 71.7 Å². The summed E-state index contributed by atoms with van der Waals surface area (Å²) < 4.78 is 66.1. The number of halogens is 1. The Hall–Kier alpha value is -7.45. The molecule has 8 amide bonds. The fourth-order valence-corrected chi connectivity index (χ4v) is 17.2. The zero-order chi connectivity index (χ0) is 74.6. The molecular weight excluding hydrogens is 1390 g/mol. The number of anilines is 3. The van der Waals surface area contributed by atoms with Crippen LogP contribution in [0.1, 0.15) is 182 Å². The molecule has 6 heterocycles. The maximum Gasteiger partial charge on any atom is 0.408 e. The molecule has 6 aliphatic carbocycles. The fourth-order valence-electron chi connectivity index (χ4n) is 14.3. The third kappa shape index (κ3) is 19.4. The molecule has 6 saturated carbocycles. The summed E-state index contributed by atoms with van der Waals surface area (Å²) in [6.45, 7) is 26.0. The molecule has 8 atom stereocenters. The summed E-state index contributed by atoms with van der Waals surface area (Å²) in [6.07, 6.45) is 17.8. The van der Waals surface area contributed by atoms with Gasteiger partial charge in [0.2, 0.25) is 43.7 Å². The Kier molecular flexibility index (Phi) is 24.4. The van der Waals surface area contributed by atoms with Crippen molar-refractivity contribution in [3.05, 3.63) is 54.2 Å². The first-order chi connectivity index (χ1) is 48.6. The summed E-state index contributed by atoms with van der Waals surface area (Å²) >= 11 is 6.20. The van der Waals surface area contributed by atoms with Gasteiger partial charge in [0.1, 0.15) is 81.7 Å². The highest BCUT2D eigenvalue weighted by atomic mass is 35.5. The molecule has 0 unspecified atom stereocenters.